The summed E-state index contributed by atoms with van der Waals surface area (Å²) in [4.78, 5) is 33.8. The average Bonchev–Trinajstić information content (AvgIpc) is 2.45. The van der Waals surface area contributed by atoms with Crippen LogP contribution in [0.1, 0.15) is 16.8 Å². The van der Waals surface area contributed by atoms with Crippen molar-refractivity contribution in [3.63, 3.8) is 0 Å². The van der Waals surface area contributed by atoms with Gasteiger partial charge in [0.1, 0.15) is 5.82 Å². The summed E-state index contributed by atoms with van der Waals surface area (Å²) >= 11 is 0. The standard InChI is InChI=1S/C13H15FN2O4/c1-20-12(18)6-7-15-11(17)8-16-13(19)9-4-2-3-5-10(9)14/h2-5H,6-8H2,1H3,(H,15,17)(H,16,19). The van der Waals surface area contributed by atoms with Gasteiger partial charge in [-0.25, -0.2) is 4.39 Å². The van der Waals surface area contributed by atoms with Crippen LogP contribution in [0, 0.1) is 5.82 Å². The molecule has 0 bridgehead atoms. The molecule has 108 valence electrons. The topological polar surface area (TPSA) is 84.5 Å². The van der Waals surface area contributed by atoms with Gasteiger partial charge in [-0.05, 0) is 12.1 Å². The number of nitrogens with one attached hydrogen (secondary N) is 2. The van der Waals surface area contributed by atoms with Gasteiger partial charge in [0.05, 0.1) is 25.6 Å². The number of rotatable bonds is 6. The SMILES string of the molecule is COC(=O)CCNC(=O)CNC(=O)c1ccccc1F. The highest BCUT2D eigenvalue weighted by molar-refractivity contribution is 5.96. The second-order valence-electron chi connectivity index (χ2n) is 3.84. The third-order valence-corrected chi connectivity index (χ3v) is 2.41. The van der Waals surface area contributed by atoms with E-state index in [1.54, 1.807) is 0 Å². The van der Waals surface area contributed by atoms with Gasteiger partial charge in [-0.1, -0.05) is 12.1 Å². The maximum Gasteiger partial charge on any atom is 0.307 e. The molecule has 1 aromatic carbocycles. The van der Waals surface area contributed by atoms with Crippen molar-refractivity contribution in [1.29, 1.82) is 0 Å². The van der Waals surface area contributed by atoms with Gasteiger partial charge in [-0.3, -0.25) is 14.4 Å². The molecule has 0 heterocycles. The zero-order valence-corrected chi connectivity index (χ0v) is 10.9. The largest absolute Gasteiger partial charge is 0.469 e. The lowest BCUT2D eigenvalue weighted by Crippen LogP contribution is -2.38. The van der Waals surface area contributed by atoms with E-state index in [1.165, 1.54) is 25.3 Å². The van der Waals surface area contributed by atoms with E-state index < -0.39 is 23.6 Å². The van der Waals surface area contributed by atoms with Crippen molar-refractivity contribution in [1.82, 2.24) is 10.6 Å². The normalized spacial score (nSPS) is 9.70. The van der Waals surface area contributed by atoms with Crippen LogP contribution in [0.25, 0.3) is 0 Å². The summed E-state index contributed by atoms with van der Waals surface area (Å²) in [7, 11) is 1.25. The Balaban J connectivity index is 2.33. The molecule has 0 saturated heterocycles. The van der Waals surface area contributed by atoms with Crippen LogP contribution in [0.2, 0.25) is 0 Å². The number of halogens is 1. The molecule has 0 spiro atoms. The number of amides is 2. The van der Waals surface area contributed by atoms with Crippen molar-refractivity contribution in [3.05, 3.63) is 35.6 Å². The van der Waals surface area contributed by atoms with Gasteiger partial charge >= 0.3 is 5.97 Å². The molecule has 0 aromatic heterocycles. The number of esters is 1. The molecule has 0 atom stereocenters. The molecule has 0 saturated carbocycles. The van der Waals surface area contributed by atoms with Crippen molar-refractivity contribution in [2.24, 2.45) is 0 Å². The Hall–Kier alpha value is -2.44. The lowest BCUT2D eigenvalue weighted by atomic mass is 10.2. The van der Waals surface area contributed by atoms with Crippen LogP contribution in [0.15, 0.2) is 24.3 Å². The fraction of sp³-hybridized carbons (Fsp3) is 0.308. The minimum Gasteiger partial charge on any atom is -0.469 e. The first-order valence-corrected chi connectivity index (χ1v) is 5.91. The molecule has 7 heteroatoms. The number of benzene rings is 1. The Bertz CT molecular complexity index is 505. The van der Waals surface area contributed by atoms with Crippen LogP contribution in [0.3, 0.4) is 0 Å². The van der Waals surface area contributed by atoms with Crippen molar-refractivity contribution >= 4 is 17.8 Å². The number of hydrogen-bond donors (Lipinski definition) is 2. The monoisotopic (exact) mass is 282 g/mol. The second-order valence-corrected chi connectivity index (χ2v) is 3.84. The summed E-state index contributed by atoms with van der Waals surface area (Å²) < 4.78 is 17.7. The maximum atomic E-state index is 13.3. The lowest BCUT2D eigenvalue weighted by Gasteiger charge is -2.07. The summed E-state index contributed by atoms with van der Waals surface area (Å²) in [5, 5.41) is 4.71. The van der Waals surface area contributed by atoms with Crippen LogP contribution >= 0.6 is 0 Å². The average molecular weight is 282 g/mol. The van der Waals surface area contributed by atoms with Gasteiger partial charge in [-0.15, -0.1) is 0 Å². The van der Waals surface area contributed by atoms with E-state index >= 15 is 0 Å². The van der Waals surface area contributed by atoms with Crippen LogP contribution in [0.5, 0.6) is 0 Å². The number of carbonyl (C=O) groups excluding carboxylic acids is 3. The molecular formula is C13H15FN2O4. The Morgan fingerprint density at radius 2 is 1.90 bits per heavy atom. The number of methoxy groups -OCH3 is 1. The molecule has 1 rings (SSSR count). The number of carbonyl (C=O) groups is 3. The molecule has 0 fully saturated rings. The fourth-order valence-corrected chi connectivity index (χ4v) is 1.37. The summed E-state index contributed by atoms with van der Waals surface area (Å²) in [5.41, 5.74) is -0.130. The molecule has 20 heavy (non-hydrogen) atoms. The molecule has 2 amide bonds. The number of ether oxygens (including phenoxy) is 1. The molecule has 0 radical (unpaired) electrons. The Morgan fingerprint density at radius 1 is 1.20 bits per heavy atom. The first kappa shape index (κ1) is 15.6. The Morgan fingerprint density at radius 3 is 2.55 bits per heavy atom. The first-order valence-electron chi connectivity index (χ1n) is 5.91. The van der Waals surface area contributed by atoms with E-state index in [4.69, 9.17) is 0 Å². The van der Waals surface area contributed by atoms with Gasteiger partial charge in [-0.2, -0.15) is 0 Å². The predicted molar refractivity (Wildman–Crippen MR) is 68.4 cm³/mol. The molecule has 6 nitrogen and oxygen atoms in total. The zero-order chi connectivity index (χ0) is 15.0. The van der Waals surface area contributed by atoms with E-state index in [2.05, 4.69) is 15.4 Å². The van der Waals surface area contributed by atoms with E-state index in [-0.39, 0.29) is 25.1 Å². The second kappa shape index (κ2) is 7.88. The minimum atomic E-state index is -0.675. The van der Waals surface area contributed by atoms with Gasteiger partial charge in [0.2, 0.25) is 5.91 Å². The summed E-state index contributed by atoms with van der Waals surface area (Å²) in [5.74, 6) is -2.25. The predicted octanol–water partition coefficient (Wildman–Crippen LogP) is 0.235. The van der Waals surface area contributed by atoms with E-state index in [9.17, 15) is 18.8 Å². The van der Waals surface area contributed by atoms with Crippen molar-refractivity contribution < 1.29 is 23.5 Å². The summed E-state index contributed by atoms with van der Waals surface area (Å²) in [6.07, 6.45) is 0.0451. The first-order chi connectivity index (χ1) is 9.54. The minimum absolute atomic E-state index is 0.0451. The quantitative estimate of drug-likeness (QED) is 0.732. The van der Waals surface area contributed by atoms with Crippen molar-refractivity contribution in [2.45, 2.75) is 6.42 Å². The van der Waals surface area contributed by atoms with Gasteiger partial charge in [0.15, 0.2) is 0 Å². The van der Waals surface area contributed by atoms with E-state index in [0.29, 0.717) is 0 Å². The highest BCUT2D eigenvalue weighted by atomic mass is 19.1. The Kier molecular flexibility index (Phi) is 6.15. The van der Waals surface area contributed by atoms with Gasteiger partial charge in [0, 0.05) is 6.54 Å². The fourth-order valence-electron chi connectivity index (χ4n) is 1.37. The molecule has 0 unspecified atom stereocenters. The number of hydrogen-bond acceptors (Lipinski definition) is 4. The third kappa shape index (κ3) is 5.05. The molecule has 0 aliphatic heterocycles. The lowest BCUT2D eigenvalue weighted by molar-refractivity contribution is -0.140. The molecule has 0 aliphatic carbocycles. The highest BCUT2D eigenvalue weighted by Crippen LogP contribution is 2.05. The summed E-state index contributed by atoms with van der Waals surface area (Å²) in [6, 6.07) is 5.46. The van der Waals surface area contributed by atoms with Crippen LogP contribution in [-0.4, -0.2) is 38.0 Å². The Labute approximate surface area is 115 Å². The van der Waals surface area contributed by atoms with Crippen molar-refractivity contribution in [2.75, 3.05) is 20.2 Å². The maximum absolute atomic E-state index is 13.3. The van der Waals surface area contributed by atoms with Crippen molar-refractivity contribution in [3.8, 4) is 0 Å². The molecule has 1 aromatic rings. The molecule has 0 aliphatic rings. The van der Waals surface area contributed by atoms with Gasteiger partial charge < -0.3 is 15.4 Å². The van der Waals surface area contributed by atoms with Crippen LogP contribution in [0.4, 0.5) is 4.39 Å². The zero-order valence-electron chi connectivity index (χ0n) is 10.9. The van der Waals surface area contributed by atoms with Crippen LogP contribution in [-0.2, 0) is 14.3 Å². The summed E-state index contributed by atoms with van der Waals surface area (Å²) in [6.45, 7) is -0.185. The molecule has 2 N–H and O–H groups in total. The van der Waals surface area contributed by atoms with E-state index in [0.717, 1.165) is 6.07 Å². The highest BCUT2D eigenvalue weighted by Gasteiger charge is 2.11. The smallest absolute Gasteiger partial charge is 0.307 e. The van der Waals surface area contributed by atoms with E-state index in [1.807, 2.05) is 0 Å². The third-order valence-electron chi connectivity index (χ3n) is 2.41. The van der Waals surface area contributed by atoms with Crippen LogP contribution < -0.4 is 10.6 Å². The molecular weight excluding hydrogens is 267 g/mol. The van der Waals surface area contributed by atoms with Gasteiger partial charge in [0.25, 0.3) is 5.91 Å².